The number of hydrogen-bond acceptors (Lipinski definition) is 6. The number of nitrogens with zero attached hydrogens (tertiary/aromatic N) is 1. The van der Waals surface area contributed by atoms with E-state index >= 15 is 0 Å². The van der Waals surface area contributed by atoms with Crippen LogP contribution in [0.25, 0.3) is 11.0 Å². The molecule has 1 aromatic carbocycles. The van der Waals surface area contributed by atoms with Crippen molar-refractivity contribution in [2.75, 3.05) is 6.61 Å². The summed E-state index contributed by atoms with van der Waals surface area (Å²) in [7, 11) is 0. The van der Waals surface area contributed by atoms with Crippen molar-refractivity contribution < 1.29 is 36.7 Å². The van der Waals surface area contributed by atoms with Crippen LogP contribution in [0.3, 0.4) is 0 Å². The Kier molecular flexibility index (Phi) is 9.49. The molecule has 0 aliphatic rings. The van der Waals surface area contributed by atoms with Gasteiger partial charge >= 0.3 is 18.2 Å². The van der Waals surface area contributed by atoms with Crippen molar-refractivity contribution in [2.24, 2.45) is 4.99 Å². The molecular weight excluding hydrogens is 477 g/mol. The summed E-state index contributed by atoms with van der Waals surface area (Å²) in [6, 6.07) is 3.93. The summed E-state index contributed by atoms with van der Waals surface area (Å²) in [5.74, 6) is -0.501. The lowest BCUT2D eigenvalue weighted by Crippen LogP contribution is -2.32. The predicted octanol–water partition coefficient (Wildman–Crippen LogP) is 6.70. The van der Waals surface area contributed by atoms with E-state index in [-0.39, 0.29) is 41.0 Å². The molecule has 36 heavy (non-hydrogen) atoms. The number of alkyl halides is 3. The Hall–Kier alpha value is -3.56. The Balaban J connectivity index is 2.51. The molecule has 0 saturated carbocycles. The van der Waals surface area contributed by atoms with Gasteiger partial charge in [-0.15, -0.1) is 0 Å². The maximum atomic E-state index is 13.9. The third-order valence-electron chi connectivity index (χ3n) is 4.69. The van der Waals surface area contributed by atoms with E-state index in [1.54, 1.807) is 27.7 Å². The van der Waals surface area contributed by atoms with Gasteiger partial charge in [0.1, 0.15) is 16.9 Å². The Labute approximate surface area is 208 Å². The van der Waals surface area contributed by atoms with Gasteiger partial charge in [-0.1, -0.05) is 26.0 Å². The van der Waals surface area contributed by atoms with Crippen molar-refractivity contribution >= 4 is 28.7 Å². The minimum absolute atomic E-state index is 0.0846. The normalized spacial score (nSPS) is 13.0. The number of fused-ring (bicyclic) bond motifs is 1. The quantitative estimate of drug-likeness (QED) is 0.176. The van der Waals surface area contributed by atoms with Crippen LogP contribution in [0, 0.1) is 0 Å². The van der Waals surface area contributed by atoms with Crippen LogP contribution in [-0.2, 0) is 27.0 Å². The average Bonchev–Trinajstić information content (AvgIpc) is 3.18. The zero-order valence-corrected chi connectivity index (χ0v) is 21.0. The highest BCUT2D eigenvalue weighted by Gasteiger charge is 2.35. The van der Waals surface area contributed by atoms with Gasteiger partial charge < -0.3 is 19.2 Å². The standard InChI is InChI=1S/C26H31F3N2O5/c1-7-10-21(30-14-16(8-2)23(32)34-9-3)17-11-18-12-19(15-31-24(33)36-25(4,5)6)35-22(18)20(13-17)26(27,28)29/h8,11-14H,2,7,9-10,15H2,1,3-6H3,(H,31,33). The highest BCUT2D eigenvalue weighted by molar-refractivity contribution is 6.04. The van der Waals surface area contributed by atoms with Gasteiger partial charge in [0, 0.05) is 17.3 Å². The first kappa shape index (κ1) is 28.7. The second kappa shape index (κ2) is 11.9. The number of alkyl carbamates (subject to hydrolysis) is 1. The van der Waals surface area contributed by atoms with Gasteiger partial charge in [0.15, 0.2) is 0 Å². The second-order valence-corrected chi connectivity index (χ2v) is 8.84. The van der Waals surface area contributed by atoms with E-state index in [1.165, 1.54) is 24.4 Å². The molecule has 0 radical (unpaired) electrons. The van der Waals surface area contributed by atoms with Crippen LogP contribution >= 0.6 is 0 Å². The minimum atomic E-state index is -4.70. The molecule has 1 N–H and O–H groups in total. The molecule has 0 saturated heterocycles. The van der Waals surface area contributed by atoms with E-state index in [2.05, 4.69) is 16.9 Å². The molecule has 1 aromatic heterocycles. The molecule has 0 unspecified atom stereocenters. The fraction of sp³-hybridized carbons (Fsp3) is 0.423. The van der Waals surface area contributed by atoms with E-state index in [0.717, 1.165) is 6.07 Å². The molecule has 0 spiro atoms. The third kappa shape index (κ3) is 8.00. The third-order valence-corrected chi connectivity index (χ3v) is 4.69. The molecule has 2 aromatic rings. The zero-order chi connectivity index (χ0) is 27.1. The van der Waals surface area contributed by atoms with Crippen LogP contribution in [-0.4, -0.2) is 30.0 Å². The average molecular weight is 509 g/mol. The number of ether oxygens (including phenoxy) is 2. The van der Waals surface area contributed by atoms with Crippen LogP contribution in [0.4, 0.5) is 18.0 Å². The number of rotatable bonds is 9. The topological polar surface area (TPSA) is 90.1 Å². The number of carbonyl (C=O) groups excluding carboxylic acids is 2. The zero-order valence-electron chi connectivity index (χ0n) is 21.0. The summed E-state index contributed by atoms with van der Waals surface area (Å²) in [5.41, 5.74) is -1.38. The number of hydrogen-bond donors (Lipinski definition) is 1. The van der Waals surface area contributed by atoms with Crippen molar-refractivity contribution in [1.29, 1.82) is 0 Å². The predicted molar refractivity (Wildman–Crippen MR) is 131 cm³/mol. The molecule has 0 aliphatic carbocycles. The first-order valence-corrected chi connectivity index (χ1v) is 11.5. The number of aliphatic imine (C=N–C) groups is 1. The molecule has 10 heteroatoms. The summed E-state index contributed by atoms with van der Waals surface area (Å²) in [4.78, 5) is 28.2. The van der Waals surface area contributed by atoms with Gasteiger partial charge in [-0.05, 0) is 57.9 Å². The molecule has 7 nitrogen and oxygen atoms in total. The number of esters is 1. The molecule has 0 bridgehead atoms. The number of carbonyl (C=O) groups is 2. The smallest absolute Gasteiger partial charge is 0.420 e. The summed E-state index contributed by atoms with van der Waals surface area (Å²) >= 11 is 0. The monoisotopic (exact) mass is 508 g/mol. The van der Waals surface area contributed by atoms with Crippen LogP contribution in [0.15, 0.2) is 52.0 Å². The fourth-order valence-corrected chi connectivity index (χ4v) is 3.22. The van der Waals surface area contributed by atoms with Crippen LogP contribution in [0.2, 0.25) is 0 Å². The molecule has 2 rings (SSSR count). The van der Waals surface area contributed by atoms with E-state index in [1.807, 2.05) is 6.92 Å². The van der Waals surface area contributed by atoms with Crippen LogP contribution in [0.1, 0.15) is 64.3 Å². The van der Waals surface area contributed by atoms with Gasteiger partial charge in [0.2, 0.25) is 0 Å². The number of nitrogens with one attached hydrogen (secondary N) is 1. The molecule has 1 amide bonds. The summed E-state index contributed by atoms with van der Waals surface area (Å²) in [6.45, 7) is 12.2. The van der Waals surface area contributed by atoms with Crippen molar-refractivity contribution in [3.05, 3.63) is 59.5 Å². The van der Waals surface area contributed by atoms with Gasteiger partial charge in [0.05, 0.1) is 24.3 Å². The largest absolute Gasteiger partial charge is 0.462 e. The molecular formula is C26H31F3N2O5. The lowest BCUT2D eigenvalue weighted by molar-refractivity contribution is -0.138. The molecule has 0 fully saturated rings. The Bertz CT molecular complexity index is 1170. The van der Waals surface area contributed by atoms with Gasteiger partial charge in [-0.3, -0.25) is 4.99 Å². The number of benzene rings is 1. The second-order valence-electron chi connectivity index (χ2n) is 8.84. The van der Waals surface area contributed by atoms with Crippen LogP contribution < -0.4 is 5.32 Å². The SMILES string of the molecule is C=CC(=CN=C(CCC)c1cc(C(F)(F)F)c2oc(CNC(=O)OC(C)(C)C)cc2c1)C(=O)OCC. The summed E-state index contributed by atoms with van der Waals surface area (Å²) in [5, 5.41) is 2.67. The molecule has 0 atom stereocenters. The Morgan fingerprint density at radius 3 is 2.42 bits per heavy atom. The first-order chi connectivity index (χ1) is 16.8. The van der Waals surface area contributed by atoms with Crippen molar-refractivity contribution in [3.8, 4) is 0 Å². The van der Waals surface area contributed by atoms with Crippen molar-refractivity contribution in [1.82, 2.24) is 5.32 Å². The fourth-order valence-electron chi connectivity index (χ4n) is 3.22. The number of halogens is 3. The van der Waals surface area contributed by atoms with Crippen molar-refractivity contribution in [2.45, 2.75) is 65.8 Å². The van der Waals surface area contributed by atoms with E-state index in [4.69, 9.17) is 13.9 Å². The van der Waals surface area contributed by atoms with E-state index in [9.17, 15) is 22.8 Å². The molecule has 0 aliphatic heterocycles. The highest BCUT2D eigenvalue weighted by Crippen LogP contribution is 2.37. The van der Waals surface area contributed by atoms with Gasteiger partial charge in [-0.2, -0.15) is 13.2 Å². The minimum Gasteiger partial charge on any atom is -0.462 e. The van der Waals surface area contributed by atoms with E-state index < -0.39 is 29.4 Å². The first-order valence-electron chi connectivity index (χ1n) is 11.5. The van der Waals surface area contributed by atoms with Gasteiger partial charge in [0.25, 0.3) is 0 Å². The Morgan fingerprint density at radius 2 is 1.86 bits per heavy atom. The summed E-state index contributed by atoms with van der Waals surface area (Å²) < 4.78 is 57.4. The van der Waals surface area contributed by atoms with Crippen molar-refractivity contribution in [3.63, 3.8) is 0 Å². The lowest BCUT2D eigenvalue weighted by Gasteiger charge is -2.19. The number of amides is 1. The number of furan rings is 1. The molecule has 1 heterocycles. The Morgan fingerprint density at radius 1 is 1.17 bits per heavy atom. The maximum Gasteiger partial charge on any atom is 0.420 e. The maximum absolute atomic E-state index is 13.9. The van der Waals surface area contributed by atoms with Crippen LogP contribution in [0.5, 0.6) is 0 Å². The van der Waals surface area contributed by atoms with E-state index in [0.29, 0.717) is 18.6 Å². The molecule has 196 valence electrons. The highest BCUT2D eigenvalue weighted by atomic mass is 19.4. The lowest BCUT2D eigenvalue weighted by atomic mass is 10.0. The summed E-state index contributed by atoms with van der Waals surface area (Å²) in [6.07, 6.45) is -1.95. The van der Waals surface area contributed by atoms with Gasteiger partial charge in [-0.25, -0.2) is 9.59 Å².